The molecule has 4 nitrogen and oxygen atoms in total. The number of ether oxygens (including phenoxy) is 1. The van der Waals surface area contributed by atoms with Gasteiger partial charge in [-0.05, 0) is 85.6 Å². The van der Waals surface area contributed by atoms with Crippen LogP contribution in [0.5, 0.6) is 0 Å². The first-order valence-corrected chi connectivity index (χ1v) is 12.6. The maximum atomic E-state index is 13.9. The number of fused-ring (bicyclic) bond motifs is 1. The van der Waals surface area contributed by atoms with E-state index >= 15 is 0 Å². The average molecular weight is 461 g/mol. The number of amides is 1. The van der Waals surface area contributed by atoms with Crippen molar-refractivity contribution in [2.75, 3.05) is 26.3 Å². The van der Waals surface area contributed by atoms with E-state index in [9.17, 15) is 9.18 Å². The SMILES string of the molecule is O=C(N1CCCC(Cc2ccc3cnccc3c2)CC1)C1(Cc2ccc(F)cc2)CCOCC1. The van der Waals surface area contributed by atoms with Crippen LogP contribution in [0.15, 0.2) is 60.9 Å². The Bertz CT molecular complexity index is 1120. The van der Waals surface area contributed by atoms with Crippen molar-refractivity contribution in [2.24, 2.45) is 11.3 Å². The number of rotatable bonds is 5. The molecule has 2 aromatic carbocycles. The van der Waals surface area contributed by atoms with Crippen molar-refractivity contribution in [2.45, 2.75) is 44.9 Å². The number of hydrogen-bond acceptors (Lipinski definition) is 3. The average Bonchev–Trinajstić information content (AvgIpc) is 3.11. The first-order valence-electron chi connectivity index (χ1n) is 12.6. The zero-order valence-corrected chi connectivity index (χ0v) is 19.7. The van der Waals surface area contributed by atoms with Crippen molar-refractivity contribution >= 4 is 16.7 Å². The van der Waals surface area contributed by atoms with Gasteiger partial charge in [-0.3, -0.25) is 9.78 Å². The van der Waals surface area contributed by atoms with Gasteiger partial charge in [-0.25, -0.2) is 4.39 Å². The number of carbonyl (C=O) groups is 1. The van der Waals surface area contributed by atoms with Crippen LogP contribution in [0, 0.1) is 17.2 Å². The number of pyridine rings is 1. The summed E-state index contributed by atoms with van der Waals surface area (Å²) in [5.41, 5.74) is 1.94. The molecule has 2 aliphatic rings. The summed E-state index contributed by atoms with van der Waals surface area (Å²) >= 11 is 0. The lowest BCUT2D eigenvalue weighted by Crippen LogP contribution is -2.48. The zero-order valence-electron chi connectivity index (χ0n) is 19.7. The summed E-state index contributed by atoms with van der Waals surface area (Å²) in [5, 5.41) is 2.41. The van der Waals surface area contributed by atoms with E-state index in [2.05, 4.69) is 34.1 Å². The van der Waals surface area contributed by atoms with Gasteiger partial charge in [0.05, 0.1) is 5.41 Å². The number of halogens is 1. The zero-order chi connectivity index (χ0) is 23.4. The fourth-order valence-electron chi connectivity index (χ4n) is 5.72. The Hall–Kier alpha value is -2.79. The predicted molar refractivity (Wildman–Crippen MR) is 132 cm³/mol. The molecule has 5 rings (SSSR count). The fraction of sp³-hybridized carbons (Fsp3) is 0.448. The van der Waals surface area contributed by atoms with E-state index in [1.54, 1.807) is 0 Å². The largest absolute Gasteiger partial charge is 0.381 e. The highest BCUT2D eigenvalue weighted by molar-refractivity contribution is 5.83. The molecule has 2 fully saturated rings. The third kappa shape index (κ3) is 5.15. The smallest absolute Gasteiger partial charge is 0.229 e. The number of hydrogen-bond donors (Lipinski definition) is 0. The van der Waals surface area contributed by atoms with E-state index in [4.69, 9.17) is 4.74 Å². The summed E-state index contributed by atoms with van der Waals surface area (Å²) in [5.74, 6) is 0.608. The van der Waals surface area contributed by atoms with Crippen LogP contribution in [0.25, 0.3) is 10.8 Å². The van der Waals surface area contributed by atoms with Gasteiger partial charge in [0, 0.05) is 44.1 Å². The lowest BCUT2D eigenvalue weighted by atomic mass is 9.74. The van der Waals surface area contributed by atoms with Crippen molar-refractivity contribution in [1.82, 2.24) is 9.88 Å². The first-order chi connectivity index (χ1) is 16.6. The van der Waals surface area contributed by atoms with Crippen LogP contribution < -0.4 is 0 Å². The molecule has 0 aliphatic carbocycles. The van der Waals surface area contributed by atoms with Gasteiger partial charge in [-0.15, -0.1) is 0 Å². The molecule has 2 aliphatic heterocycles. The van der Waals surface area contributed by atoms with Gasteiger partial charge in [0.1, 0.15) is 5.82 Å². The molecule has 0 N–H and O–H groups in total. The lowest BCUT2D eigenvalue weighted by Gasteiger charge is -2.40. The standard InChI is InChI=1S/C29H33FN2O2/c30-27-7-4-23(5-8-27)20-29(11-16-34-17-12-29)28(33)32-14-1-2-22(10-15-32)18-24-3-6-26-21-31-13-9-25(26)19-24/h3-9,13,19,21-22H,1-2,10-12,14-18,20H2. The fourth-order valence-corrected chi connectivity index (χ4v) is 5.72. The quantitative estimate of drug-likeness (QED) is 0.499. The second kappa shape index (κ2) is 10.2. The summed E-state index contributed by atoms with van der Waals surface area (Å²) in [6, 6.07) is 15.4. The molecule has 0 spiro atoms. The molecule has 0 radical (unpaired) electrons. The summed E-state index contributed by atoms with van der Waals surface area (Å²) in [6.45, 7) is 2.86. The summed E-state index contributed by atoms with van der Waals surface area (Å²) < 4.78 is 19.1. The molecule has 1 unspecified atom stereocenters. The Kier molecular flexibility index (Phi) is 6.91. The van der Waals surface area contributed by atoms with Crippen LogP contribution in [-0.2, 0) is 22.4 Å². The molecule has 3 heterocycles. The van der Waals surface area contributed by atoms with E-state index in [1.165, 1.54) is 28.5 Å². The predicted octanol–water partition coefficient (Wildman–Crippen LogP) is 5.58. The maximum Gasteiger partial charge on any atom is 0.229 e. The molecule has 3 aromatic rings. The molecule has 1 amide bonds. The number of likely N-dealkylation sites (tertiary alicyclic amines) is 1. The number of carbonyl (C=O) groups excluding carboxylic acids is 1. The van der Waals surface area contributed by atoms with Gasteiger partial charge in [-0.2, -0.15) is 0 Å². The minimum atomic E-state index is -0.442. The van der Waals surface area contributed by atoms with E-state index < -0.39 is 5.41 Å². The Morgan fingerprint density at radius 2 is 1.79 bits per heavy atom. The van der Waals surface area contributed by atoms with Gasteiger partial charge in [-0.1, -0.05) is 30.3 Å². The highest BCUT2D eigenvalue weighted by Crippen LogP contribution is 2.37. The summed E-state index contributed by atoms with van der Waals surface area (Å²) in [4.78, 5) is 20.2. The number of benzene rings is 2. The third-order valence-electron chi connectivity index (χ3n) is 7.72. The molecule has 0 bridgehead atoms. The normalized spacial score (nSPS) is 20.7. The molecule has 2 saturated heterocycles. The minimum Gasteiger partial charge on any atom is -0.381 e. The lowest BCUT2D eigenvalue weighted by molar-refractivity contribution is -0.148. The maximum absolute atomic E-state index is 13.9. The monoisotopic (exact) mass is 460 g/mol. The molecule has 1 aromatic heterocycles. The summed E-state index contributed by atoms with van der Waals surface area (Å²) in [7, 11) is 0. The van der Waals surface area contributed by atoms with Gasteiger partial charge < -0.3 is 9.64 Å². The molecular weight excluding hydrogens is 427 g/mol. The molecule has 34 heavy (non-hydrogen) atoms. The van der Waals surface area contributed by atoms with Gasteiger partial charge >= 0.3 is 0 Å². The van der Waals surface area contributed by atoms with E-state index in [0.29, 0.717) is 25.6 Å². The molecule has 0 saturated carbocycles. The number of aromatic nitrogens is 1. The minimum absolute atomic E-state index is 0.238. The van der Waals surface area contributed by atoms with Crippen LogP contribution in [0.1, 0.15) is 43.2 Å². The summed E-state index contributed by atoms with van der Waals surface area (Å²) in [6.07, 6.45) is 10.1. The Balaban J connectivity index is 1.26. The Labute approximate surface area is 201 Å². The first kappa shape index (κ1) is 23.0. The van der Waals surface area contributed by atoms with Crippen LogP contribution >= 0.6 is 0 Å². The molecule has 178 valence electrons. The van der Waals surface area contributed by atoms with Gasteiger partial charge in [0.15, 0.2) is 0 Å². The van der Waals surface area contributed by atoms with Crippen LogP contribution in [-0.4, -0.2) is 42.1 Å². The molecular formula is C29H33FN2O2. The highest BCUT2D eigenvalue weighted by atomic mass is 19.1. The second-order valence-corrected chi connectivity index (χ2v) is 10.0. The Morgan fingerprint density at radius 1 is 1.00 bits per heavy atom. The molecule has 1 atom stereocenters. The topological polar surface area (TPSA) is 42.4 Å². The highest BCUT2D eigenvalue weighted by Gasteiger charge is 2.42. The van der Waals surface area contributed by atoms with Crippen molar-refractivity contribution in [3.63, 3.8) is 0 Å². The van der Waals surface area contributed by atoms with E-state index in [0.717, 1.165) is 57.2 Å². The van der Waals surface area contributed by atoms with Crippen molar-refractivity contribution in [1.29, 1.82) is 0 Å². The van der Waals surface area contributed by atoms with Crippen LogP contribution in [0.2, 0.25) is 0 Å². The van der Waals surface area contributed by atoms with Crippen LogP contribution in [0.3, 0.4) is 0 Å². The van der Waals surface area contributed by atoms with E-state index in [1.807, 2.05) is 24.5 Å². The third-order valence-corrected chi connectivity index (χ3v) is 7.72. The Morgan fingerprint density at radius 3 is 2.62 bits per heavy atom. The van der Waals surface area contributed by atoms with Gasteiger partial charge in [0.25, 0.3) is 0 Å². The molecule has 5 heteroatoms. The van der Waals surface area contributed by atoms with Crippen molar-refractivity contribution in [3.05, 3.63) is 77.9 Å². The number of nitrogens with zero attached hydrogens (tertiary/aromatic N) is 2. The van der Waals surface area contributed by atoms with E-state index in [-0.39, 0.29) is 11.7 Å². The van der Waals surface area contributed by atoms with Crippen molar-refractivity contribution in [3.8, 4) is 0 Å². The van der Waals surface area contributed by atoms with Crippen LogP contribution in [0.4, 0.5) is 4.39 Å². The van der Waals surface area contributed by atoms with Crippen molar-refractivity contribution < 1.29 is 13.9 Å². The van der Waals surface area contributed by atoms with Gasteiger partial charge in [0.2, 0.25) is 5.91 Å². The second-order valence-electron chi connectivity index (χ2n) is 10.0.